The van der Waals surface area contributed by atoms with E-state index in [1.165, 1.54) is 6.07 Å². The van der Waals surface area contributed by atoms with Gasteiger partial charge in [-0.1, -0.05) is 19.4 Å². The van der Waals surface area contributed by atoms with Crippen molar-refractivity contribution in [2.45, 2.75) is 32.4 Å². The molecule has 0 spiro atoms. The van der Waals surface area contributed by atoms with Crippen molar-refractivity contribution >= 4 is 5.97 Å². The maximum absolute atomic E-state index is 14.5. The van der Waals surface area contributed by atoms with Gasteiger partial charge in [0.1, 0.15) is 11.6 Å². The van der Waals surface area contributed by atoms with Crippen molar-refractivity contribution in [3.8, 4) is 11.5 Å². The largest absolute Gasteiger partial charge is 0.573 e. The molecule has 0 unspecified atom stereocenters. The fourth-order valence-electron chi connectivity index (χ4n) is 3.07. The van der Waals surface area contributed by atoms with Crippen LogP contribution >= 0.6 is 0 Å². The van der Waals surface area contributed by atoms with Crippen molar-refractivity contribution in [1.29, 1.82) is 0 Å². The van der Waals surface area contributed by atoms with Gasteiger partial charge in [0, 0.05) is 17.5 Å². The van der Waals surface area contributed by atoms with Crippen LogP contribution in [0.5, 0.6) is 11.5 Å². The number of benzene rings is 2. The van der Waals surface area contributed by atoms with Gasteiger partial charge in [0.15, 0.2) is 17.9 Å². The van der Waals surface area contributed by atoms with Gasteiger partial charge in [-0.2, -0.15) is 0 Å². The number of alkyl halides is 3. The van der Waals surface area contributed by atoms with Crippen LogP contribution in [0.4, 0.5) is 22.0 Å². The summed E-state index contributed by atoms with van der Waals surface area (Å²) in [5.41, 5.74) is -0.0665. The fraction of sp³-hybridized carbons (Fsp3) is 0.381. The van der Waals surface area contributed by atoms with E-state index in [-0.39, 0.29) is 5.92 Å². The number of ether oxygens (including phenoxy) is 4. The van der Waals surface area contributed by atoms with Crippen molar-refractivity contribution < 1.29 is 45.7 Å². The Bertz CT molecular complexity index is 923. The van der Waals surface area contributed by atoms with E-state index >= 15 is 0 Å². The van der Waals surface area contributed by atoms with E-state index in [1.807, 2.05) is 0 Å². The first kappa shape index (κ1) is 23.0. The second-order valence-corrected chi connectivity index (χ2v) is 6.92. The van der Waals surface area contributed by atoms with E-state index < -0.39 is 47.3 Å². The maximum Gasteiger partial charge on any atom is 0.573 e. The van der Waals surface area contributed by atoms with Crippen LogP contribution in [0.3, 0.4) is 0 Å². The Labute approximate surface area is 174 Å². The summed E-state index contributed by atoms with van der Waals surface area (Å²) < 4.78 is 84.3. The zero-order valence-electron chi connectivity index (χ0n) is 16.4. The molecule has 0 bridgehead atoms. The first-order valence-corrected chi connectivity index (χ1v) is 9.46. The summed E-state index contributed by atoms with van der Waals surface area (Å²) in [6.45, 7) is 3.01. The predicted octanol–water partition coefficient (Wildman–Crippen LogP) is 5.54. The van der Waals surface area contributed by atoms with Crippen LogP contribution in [0.2, 0.25) is 0 Å². The summed E-state index contributed by atoms with van der Waals surface area (Å²) in [5.74, 6) is -4.69. The lowest BCUT2D eigenvalue weighted by atomic mass is 10.0. The first-order valence-electron chi connectivity index (χ1n) is 9.46. The quantitative estimate of drug-likeness (QED) is 0.331. The lowest BCUT2D eigenvalue weighted by Gasteiger charge is -2.29. The number of halogens is 5. The van der Waals surface area contributed by atoms with Gasteiger partial charge in [0.2, 0.25) is 0 Å². The molecule has 1 saturated heterocycles. The molecule has 2 aromatic carbocycles. The highest BCUT2D eigenvalue weighted by molar-refractivity contribution is 5.91. The minimum atomic E-state index is -5.08. The van der Waals surface area contributed by atoms with Gasteiger partial charge >= 0.3 is 12.3 Å². The molecule has 10 heteroatoms. The molecule has 31 heavy (non-hydrogen) atoms. The van der Waals surface area contributed by atoms with Crippen molar-refractivity contribution in [2.24, 2.45) is 5.92 Å². The van der Waals surface area contributed by atoms with Crippen LogP contribution in [-0.4, -0.2) is 25.5 Å². The Hall–Kier alpha value is -2.72. The van der Waals surface area contributed by atoms with Crippen LogP contribution in [-0.2, 0) is 9.47 Å². The molecule has 3 rings (SSSR count). The smallest absolute Gasteiger partial charge is 0.423 e. The summed E-state index contributed by atoms with van der Waals surface area (Å²) in [6.07, 6.45) is -3.89. The van der Waals surface area contributed by atoms with Gasteiger partial charge in [-0.25, -0.2) is 13.6 Å². The van der Waals surface area contributed by atoms with Crippen LogP contribution in [0.1, 0.15) is 42.0 Å². The second-order valence-electron chi connectivity index (χ2n) is 6.92. The lowest BCUT2D eigenvalue weighted by molar-refractivity contribution is -0.275. The molecule has 2 aromatic rings. The number of rotatable bonds is 6. The first-order chi connectivity index (χ1) is 14.7. The number of esters is 1. The van der Waals surface area contributed by atoms with Gasteiger partial charge in [-0.05, 0) is 30.7 Å². The molecule has 0 aliphatic carbocycles. The van der Waals surface area contributed by atoms with E-state index in [4.69, 9.17) is 14.2 Å². The average molecular weight is 446 g/mol. The number of carbonyl (C=O) groups excluding carboxylic acids is 1. The van der Waals surface area contributed by atoms with Gasteiger partial charge in [-0.3, -0.25) is 0 Å². The Morgan fingerprint density at radius 1 is 1.06 bits per heavy atom. The molecule has 0 saturated carbocycles. The number of carbonyl (C=O) groups is 1. The molecule has 1 aliphatic heterocycles. The van der Waals surface area contributed by atoms with Gasteiger partial charge in [0.25, 0.3) is 0 Å². The van der Waals surface area contributed by atoms with Crippen LogP contribution in [0, 0.1) is 17.6 Å². The molecule has 0 atom stereocenters. The van der Waals surface area contributed by atoms with Gasteiger partial charge < -0.3 is 18.9 Å². The SMILES string of the molecule is CCCC1COC(c2ccc(C(=O)Oc3ccc(OC(F)(F)F)c(F)c3)c(F)c2)OC1. The second kappa shape index (κ2) is 9.61. The van der Waals surface area contributed by atoms with Crippen molar-refractivity contribution in [1.82, 2.24) is 0 Å². The molecule has 0 aromatic heterocycles. The molecule has 168 valence electrons. The molecular weight excluding hydrogens is 427 g/mol. The third kappa shape index (κ3) is 6.14. The minimum Gasteiger partial charge on any atom is -0.423 e. The lowest BCUT2D eigenvalue weighted by Crippen LogP contribution is -2.27. The fourth-order valence-corrected chi connectivity index (χ4v) is 3.07. The summed E-state index contributed by atoms with van der Waals surface area (Å²) in [4.78, 5) is 12.2. The molecule has 0 amide bonds. The normalized spacial score (nSPS) is 19.2. The Morgan fingerprint density at radius 3 is 2.35 bits per heavy atom. The standard InChI is InChI=1S/C21H19F5O5/c1-2-3-12-10-28-20(29-11-12)13-4-6-15(16(22)8-13)19(27)30-14-5-7-18(17(23)9-14)31-21(24,25)26/h4-9,12,20H,2-3,10-11H2,1H3. The molecular formula is C21H19F5O5. The Kier molecular flexibility index (Phi) is 7.11. The van der Waals surface area contributed by atoms with Gasteiger partial charge in [0.05, 0.1) is 18.8 Å². The molecule has 1 heterocycles. The highest BCUT2D eigenvalue weighted by atomic mass is 19.4. The monoisotopic (exact) mass is 446 g/mol. The van der Waals surface area contributed by atoms with Crippen LogP contribution < -0.4 is 9.47 Å². The van der Waals surface area contributed by atoms with E-state index in [0.717, 1.165) is 31.0 Å². The van der Waals surface area contributed by atoms with Crippen molar-refractivity contribution in [2.75, 3.05) is 13.2 Å². The summed E-state index contributed by atoms with van der Waals surface area (Å²) in [7, 11) is 0. The van der Waals surface area contributed by atoms with Crippen molar-refractivity contribution in [3.63, 3.8) is 0 Å². The summed E-state index contributed by atoms with van der Waals surface area (Å²) in [5, 5.41) is 0. The minimum absolute atomic E-state index is 0.272. The van der Waals surface area contributed by atoms with Crippen LogP contribution in [0.25, 0.3) is 0 Å². The van der Waals surface area contributed by atoms with E-state index in [0.29, 0.717) is 30.9 Å². The average Bonchev–Trinajstić information content (AvgIpc) is 2.70. The molecule has 1 aliphatic rings. The summed E-state index contributed by atoms with van der Waals surface area (Å²) in [6, 6.07) is 5.74. The van der Waals surface area contributed by atoms with Gasteiger partial charge in [-0.15, -0.1) is 13.2 Å². The van der Waals surface area contributed by atoms with Crippen LogP contribution in [0.15, 0.2) is 36.4 Å². The number of hydrogen-bond acceptors (Lipinski definition) is 5. The third-order valence-corrected chi connectivity index (χ3v) is 4.49. The Balaban J connectivity index is 1.65. The highest BCUT2D eigenvalue weighted by Crippen LogP contribution is 2.30. The molecule has 0 N–H and O–H groups in total. The zero-order chi connectivity index (χ0) is 22.6. The summed E-state index contributed by atoms with van der Waals surface area (Å²) >= 11 is 0. The van der Waals surface area contributed by atoms with E-state index in [1.54, 1.807) is 0 Å². The zero-order valence-corrected chi connectivity index (χ0v) is 16.4. The molecule has 1 fully saturated rings. The molecule has 0 radical (unpaired) electrons. The number of hydrogen-bond donors (Lipinski definition) is 0. The highest BCUT2D eigenvalue weighted by Gasteiger charge is 2.32. The van der Waals surface area contributed by atoms with E-state index in [2.05, 4.69) is 11.7 Å². The predicted molar refractivity (Wildman–Crippen MR) is 97.5 cm³/mol. The molecule has 5 nitrogen and oxygen atoms in total. The third-order valence-electron chi connectivity index (χ3n) is 4.49. The topological polar surface area (TPSA) is 54.0 Å². The maximum atomic E-state index is 14.5. The van der Waals surface area contributed by atoms with Crippen molar-refractivity contribution in [3.05, 3.63) is 59.2 Å². The van der Waals surface area contributed by atoms with E-state index in [9.17, 15) is 26.7 Å². The Morgan fingerprint density at radius 2 is 1.77 bits per heavy atom.